The summed E-state index contributed by atoms with van der Waals surface area (Å²) in [5.41, 5.74) is 4.68. The number of hydrogen-bond acceptors (Lipinski definition) is 5. The third kappa shape index (κ3) is 3.24. The lowest BCUT2D eigenvalue weighted by Gasteiger charge is -2.20. The average Bonchev–Trinajstić information content (AvgIpc) is 3.24. The highest BCUT2D eigenvalue weighted by molar-refractivity contribution is 6.35. The lowest BCUT2D eigenvalue weighted by molar-refractivity contribution is 0.873. The Labute approximate surface area is 182 Å². The molecule has 0 aliphatic heterocycles. The van der Waals surface area contributed by atoms with E-state index in [0.29, 0.717) is 27.0 Å². The number of aromatic amines is 1. The predicted molar refractivity (Wildman–Crippen MR) is 121 cm³/mol. The van der Waals surface area contributed by atoms with Gasteiger partial charge in [0.1, 0.15) is 11.8 Å². The minimum absolute atomic E-state index is 0.137. The summed E-state index contributed by atoms with van der Waals surface area (Å²) in [6.07, 6.45) is 3.10. The van der Waals surface area contributed by atoms with E-state index in [1.807, 2.05) is 49.4 Å². The SMILES string of the molecule is C[C@H](Nc1ncnc2[nH]cnc12)c1cc2cccc(Cl)c2nc1-c1ccccc1Cl. The number of rotatable bonds is 4. The number of nitrogens with one attached hydrogen (secondary N) is 2. The monoisotopic (exact) mass is 434 g/mol. The van der Waals surface area contributed by atoms with Crippen LogP contribution in [0.3, 0.4) is 0 Å². The highest BCUT2D eigenvalue weighted by Gasteiger charge is 2.19. The molecule has 0 saturated heterocycles. The van der Waals surface area contributed by atoms with Gasteiger partial charge in [0.25, 0.3) is 0 Å². The van der Waals surface area contributed by atoms with Crippen molar-refractivity contribution in [3.63, 3.8) is 0 Å². The van der Waals surface area contributed by atoms with Crippen LogP contribution in [0, 0.1) is 0 Å². The van der Waals surface area contributed by atoms with Gasteiger partial charge >= 0.3 is 0 Å². The fourth-order valence-corrected chi connectivity index (χ4v) is 3.98. The molecule has 0 bridgehead atoms. The Hall–Kier alpha value is -3.22. The maximum absolute atomic E-state index is 6.52. The van der Waals surface area contributed by atoms with Crippen LogP contribution in [-0.2, 0) is 0 Å². The standard InChI is InChI=1S/C22H16Cl2N6/c1-12(29-22-20-21(26-10-25-20)27-11-28-22)15-9-13-5-4-8-17(24)18(13)30-19(15)14-6-2-3-7-16(14)23/h2-12H,1H3,(H2,25,26,27,28,29)/t12-/m0/s1. The van der Waals surface area contributed by atoms with Gasteiger partial charge in [-0.1, -0.05) is 53.5 Å². The molecule has 0 saturated carbocycles. The molecule has 0 aliphatic carbocycles. The summed E-state index contributed by atoms with van der Waals surface area (Å²) in [6.45, 7) is 2.05. The van der Waals surface area contributed by atoms with Crippen LogP contribution in [-0.4, -0.2) is 24.9 Å². The summed E-state index contributed by atoms with van der Waals surface area (Å²) in [7, 11) is 0. The number of fused-ring (bicyclic) bond motifs is 2. The predicted octanol–water partition coefficient (Wildman–Crippen LogP) is 6.05. The van der Waals surface area contributed by atoms with Crippen LogP contribution >= 0.6 is 23.2 Å². The Morgan fingerprint density at radius 1 is 0.933 bits per heavy atom. The van der Waals surface area contributed by atoms with Gasteiger partial charge in [0.05, 0.1) is 28.6 Å². The number of imidazole rings is 1. The zero-order valence-corrected chi connectivity index (χ0v) is 17.4. The molecule has 148 valence electrons. The van der Waals surface area contributed by atoms with Gasteiger partial charge in [-0.15, -0.1) is 0 Å². The van der Waals surface area contributed by atoms with E-state index in [-0.39, 0.29) is 6.04 Å². The van der Waals surface area contributed by atoms with E-state index in [1.165, 1.54) is 6.33 Å². The van der Waals surface area contributed by atoms with Crippen LogP contribution in [0.1, 0.15) is 18.5 Å². The molecule has 2 aromatic carbocycles. The van der Waals surface area contributed by atoms with Crippen molar-refractivity contribution >= 4 is 51.1 Å². The number of hydrogen-bond donors (Lipinski definition) is 2. The second kappa shape index (κ2) is 7.55. The van der Waals surface area contributed by atoms with Crippen molar-refractivity contribution in [3.05, 3.63) is 76.8 Å². The van der Waals surface area contributed by atoms with Gasteiger partial charge in [-0.05, 0) is 25.1 Å². The molecule has 0 amide bonds. The quantitative estimate of drug-likeness (QED) is 0.359. The van der Waals surface area contributed by atoms with Crippen molar-refractivity contribution in [1.29, 1.82) is 0 Å². The average molecular weight is 435 g/mol. The van der Waals surface area contributed by atoms with E-state index in [4.69, 9.17) is 28.2 Å². The molecule has 0 radical (unpaired) electrons. The Morgan fingerprint density at radius 2 is 1.77 bits per heavy atom. The van der Waals surface area contributed by atoms with E-state index in [9.17, 15) is 0 Å². The highest BCUT2D eigenvalue weighted by atomic mass is 35.5. The maximum atomic E-state index is 6.52. The van der Waals surface area contributed by atoms with E-state index in [0.717, 1.165) is 27.7 Å². The largest absolute Gasteiger partial charge is 0.362 e. The number of nitrogens with zero attached hydrogens (tertiary/aromatic N) is 4. The first-order valence-corrected chi connectivity index (χ1v) is 10.1. The second-order valence-corrected chi connectivity index (χ2v) is 7.72. The molecular formula is C22H16Cl2N6. The van der Waals surface area contributed by atoms with Crippen molar-refractivity contribution < 1.29 is 0 Å². The zero-order valence-electron chi connectivity index (χ0n) is 15.9. The van der Waals surface area contributed by atoms with Crippen LogP contribution in [0.2, 0.25) is 10.0 Å². The molecule has 0 spiro atoms. The van der Waals surface area contributed by atoms with Crippen LogP contribution in [0.4, 0.5) is 5.82 Å². The molecular weight excluding hydrogens is 419 g/mol. The first kappa shape index (κ1) is 18.8. The van der Waals surface area contributed by atoms with Crippen molar-refractivity contribution in [2.45, 2.75) is 13.0 Å². The molecule has 5 aromatic rings. The van der Waals surface area contributed by atoms with Crippen LogP contribution in [0.5, 0.6) is 0 Å². The van der Waals surface area contributed by atoms with Gasteiger partial charge < -0.3 is 10.3 Å². The molecule has 6 nitrogen and oxygen atoms in total. The number of anilines is 1. The third-order valence-corrected chi connectivity index (χ3v) is 5.63. The molecule has 2 N–H and O–H groups in total. The van der Waals surface area contributed by atoms with Crippen molar-refractivity contribution in [3.8, 4) is 11.3 Å². The van der Waals surface area contributed by atoms with Gasteiger partial charge in [0.2, 0.25) is 0 Å². The Kier molecular flexibility index (Phi) is 4.73. The number of para-hydroxylation sites is 1. The Balaban J connectivity index is 1.68. The molecule has 1 atom stereocenters. The molecule has 3 aromatic heterocycles. The lowest BCUT2D eigenvalue weighted by Crippen LogP contribution is -2.11. The zero-order chi connectivity index (χ0) is 20.7. The fourth-order valence-electron chi connectivity index (χ4n) is 3.53. The minimum atomic E-state index is -0.137. The third-order valence-electron chi connectivity index (χ3n) is 4.99. The Bertz CT molecular complexity index is 1380. The van der Waals surface area contributed by atoms with Crippen LogP contribution in [0.25, 0.3) is 33.3 Å². The van der Waals surface area contributed by atoms with Crippen molar-refractivity contribution in [2.24, 2.45) is 0 Å². The summed E-state index contributed by atoms with van der Waals surface area (Å²) in [6, 6.07) is 15.4. The van der Waals surface area contributed by atoms with Gasteiger partial charge in [-0.25, -0.2) is 19.9 Å². The molecule has 3 heterocycles. The van der Waals surface area contributed by atoms with Crippen LogP contribution < -0.4 is 5.32 Å². The van der Waals surface area contributed by atoms with Crippen LogP contribution in [0.15, 0.2) is 61.2 Å². The smallest absolute Gasteiger partial charge is 0.162 e. The van der Waals surface area contributed by atoms with E-state index >= 15 is 0 Å². The van der Waals surface area contributed by atoms with Gasteiger partial charge in [-0.2, -0.15) is 0 Å². The lowest BCUT2D eigenvalue weighted by atomic mass is 9.98. The molecule has 0 aliphatic rings. The number of H-pyrrole nitrogens is 1. The Morgan fingerprint density at radius 3 is 2.63 bits per heavy atom. The summed E-state index contributed by atoms with van der Waals surface area (Å²) in [5.74, 6) is 0.644. The molecule has 8 heteroatoms. The highest BCUT2D eigenvalue weighted by Crippen LogP contribution is 2.36. The van der Waals surface area contributed by atoms with Gasteiger partial charge in [-0.3, -0.25) is 0 Å². The first-order chi connectivity index (χ1) is 14.6. The first-order valence-electron chi connectivity index (χ1n) is 9.36. The van der Waals surface area contributed by atoms with E-state index < -0.39 is 0 Å². The van der Waals surface area contributed by atoms with E-state index in [1.54, 1.807) is 6.33 Å². The summed E-state index contributed by atoms with van der Waals surface area (Å²) < 4.78 is 0. The van der Waals surface area contributed by atoms with Crippen molar-refractivity contribution in [1.82, 2.24) is 24.9 Å². The van der Waals surface area contributed by atoms with Gasteiger partial charge in [0.15, 0.2) is 11.5 Å². The van der Waals surface area contributed by atoms with Crippen molar-refractivity contribution in [2.75, 3.05) is 5.32 Å². The molecule has 0 fully saturated rings. The number of benzene rings is 2. The summed E-state index contributed by atoms with van der Waals surface area (Å²) in [4.78, 5) is 20.8. The maximum Gasteiger partial charge on any atom is 0.162 e. The topological polar surface area (TPSA) is 79.4 Å². The van der Waals surface area contributed by atoms with E-state index in [2.05, 4.69) is 31.3 Å². The molecule has 30 heavy (non-hydrogen) atoms. The summed E-state index contributed by atoms with van der Waals surface area (Å²) in [5, 5.41) is 5.63. The van der Waals surface area contributed by atoms with Gasteiger partial charge in [0, 0.05) is 21.5 Å². The normalized spacial score (nSPS) is 12.4. The summed E-state index contributed by atoms with van der Waals surface area (Å²) >= 11 is 13.0. The second-order valence-electron chi connectivity index (χ2n) is 6.91. The number of pyridine rings is 1. The molecule has 0 unspecified atom stereocenters. The number of aromatic nitrogens is 5. The minimum Gasteiger partial charge on any atom is -0.362 e. The molecule has 5 rings (SSSR count). The number of halogens is 2. The fraction of sp³-hybridized carbons (Fsp3) is 0.0909.